The van der Waals surface area contributed by atoms with Gasteiger partial charge in [-0.1, -0.05) is 30.3 Å². The number of hydrogen-bond donors (Lipinski definition) is 0. The summed E-state index contributed by atoms with van der Waals surface area (Å²) in [4.78, 5) is 0. The number of rotatable bonds is 1. The van der Waals surface area contributed by atoms with Gasteiger partial charge in [0, 0.05) is 12.8 Å². The molecule has 1 atom stereocenters. The second-order valence-electron chi connectivity index (χ2n) is 4.88. The van der Waals surface area contributed by atoms with E-state index in [1.807, 2.05) is 12.1 Å². The van der Waals surface area contributed by atoms with Crippen LogP contribution >= 0.6 is 0 Å². The molecule has 18 heavy (non-hydrogen) atoms. The topological polar surface area (TPSA) is 18.5 Å². The summed E-state index contributed by atoms with van der Waals surface area (Å²) in [5.41, 5.74) is 3.82. The minimum atomic E-state index is 0.136. The normalized spacial score (nSPS) is 19.9. The van der Waals surface area contributed by atoms with Crippen molar-refractivity contribution in [2.45, 2.75) is 18.9 Å². The van der Waals surface area contributed by atoms with E-state index in [9.17, 15) is 0 Å². The first-order valence-electron chi connectivity index (χ1n) is 6.40. The van der Waals surface area contributed by atoms with Crippen LogP contribution in [0.25, 0.3) is 0 Å². The molecule has 0 saturated carbocycles. The number of benzene rings is 2. The molecule has 0 fully saturated rings. The number of ether oxygens (including phenoxy) is 2. The summed E-state index contributed by atoms with van der Waals surface area (Å²) < 4.78 is 11.6. The highest BCUT2D eigenvalue weighted by Gasteiger charge is 2.25. The standard InChI is InChI=1S/C16H14O2/c1-2-4-14-12(3-1)10-16(18-14)13-6-5-11-7-8-17-15(11)9-13/h1-6,9,16H,7-8,10H2. The highest BCUT2D eigenvalue weighted by molar-refractivity contribution is 5.44. The van der Waals surface area contributed by atoms with Gasteiger partial charge < -0.3 is 9.47 Å². The number of hydrogen-bond acceptors (Lipinski definition) is 2. The molecule has 0 aromatic heterocycles. The maximum absolute atomic E-state index is 6.00. The van der Waals surface area contributed by atoms with Gasteiger partial charge in [-0.2, -0.15) is 0 Å². The van der Waals surface area contributed by atoms with E-state index in [1.54, 1.807) is 0 Å². The number of fused-ring (bicyclic) bond motifs is 2. The first kappa shape index (κ1) is 10.0. The monoisotopic (exact) mass is 238 g/mol. The van der Waals surface area contributed by atoms with E-state index in [-0.39, 0.29) is 6.10 Å². The fourth-order valence-corrected chi connectivity index (χ4v) is 2.75. The molecular weight excluding hydrogens is 224 g/mol. The molecule has 2 aromatic carbocycles. The lowest BCUT2D eigenvalue weighted by Crippen LogP contribution is -2.03. The summed E-state index contributed by atoms with van der Waals surface area (Å²) in [6.07, 6.45) is 2.12. The van der Waals surface area contributed by atoms with Gasteiger partial charge in [0.05, 0.1) is 6.61 Å². The van der Waals surface area contributed by atoms with Gasteiger partial charge in [-0.05, 0) is 28.8 Å². The Hall–Kier alpha value is -1.96. The molecular formula is C16H14O2. The summed E-state index contributed by atoms with van der Waals surface area (Å²) in [7, 11) is 0. The molecule has 0 aliphatic carbocycles. The first-order chi connectivity index (χ1) is 8.90. The highest BCUT2D eigenvalue weighted by Crippen LogP contribution is 2.38. The Kier molecular flexibility index (Phi) is 2.10. The van der Waals surface area contributed by atoms with E-state index >= 15 is 0 Å². The van der Waals surface area contributed by atoms with Crippen LogP contribution in [0.1, 0.15) is 22.8 Å². The molecule has 0 spiro atoms. The zero-order valence-corrected chi connectivity index (χ0v) is 10.1. The summed E-state index contributed by atoms with van der Waals surface area (Å²) >= 11 is 0. The van der Waals surface area contributed by atoms with Crippen LogP contribution in [0.2, 0.25) is 0 Å². The SMILES string of the molecule is c1ccc2c(c1)CC(c1ccc3c(c1)OCC3)O2. The summed E-state index contributed by atoms with van der Waals surface area (Å²) in [6, 6.07) is 14.7. The Balaban J connectivity index is 1.66. The molecule has 1 unspecified atom stereocenters. The fraction of sp³-hybridized carbons (Fsp3) is 0.250. The zero-order chi connectivity index (χ0) is 11.9. The summed E-state index contributed by atoms with van der Waals surface area (Å²) in [5, 5.41) is 0. The predicted octanol–water partition coefficient (Wildman–Crippen LogP) is 3.30. The Morgan fingerprint density at radius 1 is 0.944 bits per heavy atom. The van der Waals surface area contributed by atoms with Gasteiger partial charge in [0.15, 0.2) is 0 Å². The summed E-state index contributed by atoms with van der Waals surface area (Å²) in [6.45, 7) is 0.810. The second-order valence-corrected chi connectivity index (χ2v) is 4.88. The van der Waals surface area contributed by atoms with Crippen LogP contribution in [0.3, 0.4) is 0 Å². The lowest BCUT2D eigenvalue weighted by molar-refractivity contribution is 0.238. The molecule has 0 bridgehead atoms. The van der Waals surface area contributed by atoms with Crippen LogP contribution in [0.15, 0.2) is 42.5 Å². The Morgan fingerprint density at radius 3 is 2.83 bits per heavy atom. The van der Waals surface area contributed by atoms with Gasteiger partial charge in [0.25, 0.3) is 0 Å². The van der Waals surface area contributed by atoms with Gasteiger partial charge >= 0.3 is 0 Å². The van der Waals surface area contributed by atoms with Crippen molar-refractivity contribution in [2.75, 3.05) is 6.61 Å². The van der Waals surface area contributed by atoms with Crippen molar-refractivity contribution in [3.63, 3.8) is 0 Å². The van der Waals surface area contributed by atoms with E-state index in [2.05, 4.69) is 30.3 Å². The van der Waals surface area contributed by atoms with Crippen molar-refractivity contribution in [3.8, 4) is 11.5 Å². The molecule has 2 heteroatoms. The van der Waals surface area contributed by atoms with Gasteiger partial charge in [0.2, 0.25) is 0 Å². The molecule has 4 rings (SSSR count). The van der Waals surface area contributed by atoms with Gasteiger partial charge in [-0.3, -0.25) is 0 Å². The van der Waals surface area contributed by atoms with Gasteiger partial charge in [-0.25, -0.2) is 0 Å². The van der Waals surface area contributed by atoms with Crippen LogP contribution in [0.5, 0.6) is 11.5 Å². The molecule has 90 valence electrons. The van der Waals surface area contributed by atoms with E-state index < -0.39 is 0 Å². The van der Waals surface area contributed by atoms with Crippen molar-refractivity contribution in [3.05, 3.63) is 59.2 Å². The third kappa shape index (κ3) is 1.49. The third-order valence-electron chi connectivity index (χ3n) is 3.74. The first-order valence-corrected chi connectivity index (χ1v) is 6.40. The van der Waals surface area contributed by atoms with Crippen molar-refractivity contribution < 1.29 is 9.47 Å². The molecule has 2 aromatic rings. The number of para-hydroxylation sites is 1. The second kappa shape index (κ2) is 3.77. The fourth-order valence-electron chi connectivity index (χ4n) is 2.75. The minimum Gasteiger partial charge on any atom is -0.493 e. The smallest absolute Gasteiger partial charge is 0.128 e. The minimum absolute atomic E-state index is 0.136. The van der Waals surface area contributed by atoms with Crippen LogP contribution < -0.4 is 9.47 Å². The average Bonchev–Trinajstić information content (AvgIpc) is 3.04. The molecule has 0 radical (unpaired) electrons. The van der Waals surface area contributed by atoms with Crippen molar-refractivity contribution >= 4 is 0 Å². The summed E-state index contributed by atoms with van der Waals surface area (Å²) in [5.74, 6) is 2.05. The van der Waals surface area contributed by atoms with Crippen LogP contribution in [-0.2, 0) is 12.8 Å². The Labute approximate surface area is 106 Å². The largest absolute Gasteiger partial charge is 0.493 e. The van der Waals surface area contributed by atoms with Crippen molar-refractivity contribution in [2.24, 2.45) is 0 Å². The van der Waals surface area contributed by atoms with E-state index in [0.717, 1.165) is 30.9 Å². The van der Waals surface area contributed by atoms with Gasteiger partial charge in [0.1, 0.15) is 17.6 Å². The molecule has 2 aliphatic rings. The zero-order valence-electron chi connectivity index (χ0n) is 10.1. The van der Waals surface area contributed by atoms with Crippen molar-refractivity contribution in [1.82, 2.24) is 0 Å². The molecule has 2 nitrogen and oxygen atoms in total. The maximum atomic E-state index is 6.00. The quantitative estimate of drug-likeness (QED) is 0.759. The molecule has 0 N–H and O–H groups in total. The predicted molar refractivity (Wildman–Crippen MR) is 69.2 cm³/mol. The van der Waals surface area contributed by atoms with Crippen LogP contribution in [0, 0.1) is 0 Å². The Bertz CT molecular complexity index is 579. The van der Waals surface area contributed by atoms with Crippen LogP contribution in [-0.4, -0.2) is 6.61 Å². The maximum Gasteiger partial charge on any atom is 0.128 e. The van der Waals surface area contributed by atoms with E-state index in [4.69, 9.17) is 9.47 Å². The van der Waals surface area contributed by atoms with Crippen LogP contribution in [0.4, 0.5) is 0 Å². The lowest BCUT2D eigenvalue weighted by Gasteiger charge is -2.12. The third-order valence-corrected chi connectivity index (χ3v) is 3.74. The van der Waals surface area contributed by atoms with E-state index in [1.165, 1.54) is 16.7 Å². The van der Waals surface area contributed by atoms with E-state index in [0.29, 0.717) is 0 Å². The van der Waals surface area contributed by atoms with Crippen molar-refractivity contribution in [1.29, 1.82) is 0 Å². The molecule has 2 heterocycles. The molecule has 0 saturated heterocycles. The Morgan fingerprint density at radius 2 is 1.89 bits per heavy atom. The van der Waals surface area contributed by atoms with Gasteiger partial charge in [-0.15, -0.1) is 0 Å². The highest BCUT2D eigenvalue weighted by atomic mass is 16.5. The molecule has 0 amide bonds. The lowest BCUT2D eigenvalue weighted by atomic mass is 10.0. The average molecular weight is 238 g/mol. The molecule has 2 aliphatic heterocycles.